The highest BCUT2D eigenvalue weighted by Gasteiger charge is 2.23. The first-order chi connectivity index (χ1) is 8.83. The number of halogens is 1. The van der Waals surface area contributed by atoms with E-state index in [2.05, 4.69) is 9.71 Å². The van der Waals surface area contributed by atoms with Gasteiger partial charge >= 0.3 is 0 Å². The second kappa shape index (κ2) is 4.75. The fourth-order valence-electron chi connectivity index (χ4n) is 1.68. The quantitative estimate of drug-likeness (QED) is 0.904. The lowest BCUT2D eigenvalue weighted by Gasteiger charge is -2.12. The van der Waals surface area contributed by atoms with Crippen LogP contribution in [-0.2, 0) is 17.1 Å². The maximum Gasteiger partial charge on any atom is 0.281 e. The number of nitrogens with one attached hydrogen (secondary N) is 1. The molecule has 1 heterocycles. The minimum atomic E-state index is -3.80. The molecule has 1 aromatic heterocycles. The van der Waals surface area contributed by atoms with Gasteiger partial charge in [0.1, 0.15) is 0 Å². The summed E-state index contributed by atoms with van der Waals surface area (Å²) in [6.07, 6.45) is 1.34. The summed E-state index contributed by atoms with van der Waals surface area (Å²) in [7, 11) is -2.25. The Bertz CT molecular complexity index is 705. The molecule has 8 heteroatoms. The number of nitrogens with two attached hydrogens (primary N) is 1. The number of aromatic nitrogens is 2. The predicted molar refractivity (Wildman–Crippen MR) is 74.6 cm³/mol. The fraction of sp³-hybridized carbons (Fsp3) is 0.182. The molecule has 6 nitrogen and oxygen atoms in total. The van der Waals surface area contributed by atoms with Gasteiger partial charge in [0.15, 0.2) is 10.8 Å². The van der Waals surface area contributed by atoms with Crippen LogP contribution in [0.4, 0.5) is 11.5 Å². The first-order valence-corrected chi connectivity index (χ1v) is 7.24. The van der Waals surface area contributed by atoms with Crippen LogP contribution in [0.15, 0.2) is 29.6 Å². The number of benzene rings is 1. The monoisotopic (exact) mass is 300 g/mol. The summed E-state index contributed by atoms with van der Waals surface area (Å²) in [6, 6.07) is 4.98. The van der Waals surface area contributed by atoms with Gasteiger partial charge in [-0.05, 0) is 24.6 Å². The van der Waals surface area contributed by atoms with Gasteiger partial charge in [-0.25, -0.2) is 4.98 Å². The van der Waals surface area contributed by atoms with Crippen LogP contribution in [-0.4, -0.2) is 18.0 Å². The molecular weight excluding hydrogens is 288 g/mol. The number of nitrogens with zero attached hydrogens (tertiary/aromatic N) is 2. The average molecular weight is 301 g/mol. The van der Waals surface area contributed by atoms with Gasteiger partial charge in [0, 0.05) is 12.1 Å². The van der Waals surface area contributed by atoms with E-state index in [0.717, 1.165) is 0 Å². The maximum absolute atomic E-state index is 12.3. The molecule has 102 valence electrons. The molecule has 0 saturated carbocycles. The van der Waals surface area contributed by atoms with E-state index in [1.165, 1.54) is 10.9 Å². The maximum atomic E-state index is 12.3. The Hall–Kier alpha value is -1.73. The Balaban J connectivity index is 2.46. The zero-order chi connectivity index (χ0) is 14.2. The van der Waals surface area contributed by atoms with Crippen molar-refractivity contribution >= 4 is 33.1 Å². The first kappa shape index (κ1) is 13.7. The highest BCUT2D eigenvalue weighted by molar-refractivity contribution is 7.92. The standard InChI is InChI=1S/C11H13ClN4O2S/c1-7-8(12)4-3-5-9(7)15-19(17,18)11-10(13)14-6-16(11)2/h3-6,15H,13H2,1-2H3. The molecule has 2 aromatic rings. The van der Waals surface area contributed by atoms with Gasteiger partial charge < -0.3 is 10.3 Å². The average Bonchev–Trinajstić information content (AvgIpc) is 2.65. The number of imidazole rings is 1. The van der Waals surface area contributed by atoms with Crippen LogP contribution >= 0.6 is 11.6 Å². The van der Waals surface area contributed by atoms with E-state index < -0.39 is 10.0 Å². The Morgan fingerprint density at radius 2 is 2.11 bits per heavy atom. The number of rotatable bonds is 3. The summed E-state index contributed by atoms with van der Waals surface area (Å²) >= 11 is 5.95. The molecule has 0 fully saturated rings. The van der Waals surface area contributed by atoms with Crippen molar-refractivity contribution < 1.29 is 8.42 Å². The lowest BCUT2D eigenvalue weighted by Crippen LogP contribution is -2.18. The molecule has 0 unspecified atom stereocenters. The van der Waals surface area contributed by atoms with Crippen molar-refractivity contribution in [3.8, 4) is 0 Å². The van der Waals surface area contributed by atoms with E-state index in [9.17, 15) is 8.42 Å². The van der Waals surface area contributed by atoms with Crippen LogP contribution in [0.25, 0.3) is 0 Å². The normalized spacial score (nSPS) is 11.5. The molecule has 0 bridgehead atoms. The first-order valence-electron chi connectivity index (χ1n) is 5.37. The van der Waals surface area contributed by atoms with Crippen LogP contribution in [0, 0.1) is 6.92 Å². The molecule has 0 aliphatic carbocycles. The smallest absolute Gasteiger partial charge is 0.281 e. The Morgan fingerprint density at radius 3 is 2.68 bits per heavy atom. The van der Waals surface area contributed by atoms with Crippen molar-refractivity contribution in [3.63, 3.8) is 0 Å². The van der Waals surface area contributed by atoms with Gasteiger partial charge in [-0.2, -0.15) is 8.42 Å². The van der Waals surface area contributed by atoms with Crippen LogP contribution in [0.1, 0.15) is 5.56 Å². The second-order valence-electron chi connectivity index (χ2n) is 4.06. The van der Waals surface area contributed by atoms with Crippen molar-refractivity contribution in [3.05, 3.63) is 35.1 Å². The van der Waals surface area contributed by atoms with Crippen LogP contribution in [0.5, 0.6) is 0 Å². The van der Waals surface area contributed by atoms with Crippen LogP contribution in [0.3, 0.4) is 0 Å². The van der Waals surface area contributed by atoms with E-state index in [1.807, 2.05) is 0 Å². The minimum Gasteiger partial charge on any atom is -0.381 e. The zero-order valence-corrected chi connectivity index (χ0v) is 12.0. The summed E-state index contributed by atoms with van der Waals surface area (Å²) in [6.45, 7) is 1.73. The van der Waals surface area contributed by atoms with E-state index in [4.69, 9.17) is 17.3 Å². The third-order valence-corrected chi connectivity index (χ3v) is 4.58. The molecule has 3 N–H and O–H groups in total. The summed E-state index contributed by atoms with van der Waals surface area (Å²) in [5.41, 5.74) is 6.63. The Labute approximate surface area is 116 Å². The van der Waals surface area contributed by atoms with Gasteiger partial charge in [0.05, 0.1) is 12.0 Å². The van der Waals surface area contributed by atoms with Crippen molar-refractivity contribution in [1.29, 1.82) is 0 Å². The van der Waals surface area contributed by atoms with Gasteiger partial charge in [0.25, 0.3) is 10.0 Å². The predicted octanol–water partition coefficient (Wildman–Crippen LogP) is 1.76. The van der Waals surface area contributed by atoms with Crippen molar-refractivity contribution in [2.24, 2.45) is 7.05 Å². The summed E-state index contributed by atoms with van der Waals surface area (Å²) < 4.78 is 28.3. The largest absolute Gasteiger partial charge is 0.381 e. The molecule has 1 aromatic carbocycles. The highest BCUT2D eigenvalue weighted by Crippen LogP contribution is 2.26. The van der Waals surface area contributed by atoms with Gasteiger partial charge in [-0.15, -0.1) is 0 Å². The number of nitrogen functional groups attached to an aromatic ring is 1. The summed E-state index contributed by atoms with van der Waals surface area (Å²) in [5, 5.41) is 0.407. The molecule has 0 aliphatic rings. The molecule has 19 heavy (non-hydrogen) atoms. The lowest BCUT2D eigenvalue weighted by atomic mass is 10.2. The molecule has 0 atom stereocenters. The SMILES string of the molecule is Cc1c(Cl)cccc1NS(=O)(=O)c1c(N)ncn1C. The van der Waals surface area contributed by atoms with Crippen LogP contribution in [0.2, 0.25) is 5.02 Å². The molecule has 0 aliphatic heterocycles. The number of sulfonamides is 1. The highest BCUT2D eigenvalue weighted by atomic mass is 35.5. The van der Waals surface area contributed by atoms with Crippen molar-refractivity contribution in [1.82, 2.24) is 9.55 Å². The molecule has 2 rings (SSSR count). The summed E-state index contributed by atoms with van der Waals surface area (Å²) in [4.78, 5) is 3.76. The number of aryl methyl sites for hydroxylation is 1. The molecular formula is C11H13ClN4O2S. The summed E-state index contributed by atoms with van der Waals surface area (Å²) in [5.74, 6) is -0.0466. The molecule has 0 spiro atoms. The van der Waals surface area contributed by atoms with Crippen molar-refractivity contribution in [2.75, 3.05) is 10.5 Å². The zero-order valence-electron chi connectivity index (χ0n) is 10.4. The van der Waals surface area contributed by atoms with E-state index in [0.29, 0.717) is 16.3 Å². The third kappa shape index (κ3) is 2.52. The fourth-order valence-corrected chi connectivity index (χ4v) is 3.21. The Morgan fingerprint density at radius 1 is 1.42 bits per heavy atom. The third-order valence-electron chi connectivity index (χ3n) is 2.68. The molecule has 0 radical (unpaired) electrons. The van der Waals surface area contributed by atoms with E-state index >= 15 is 0 Å². The number of hydrogen-bond donors (Lipinski definition) is 2. The molecule has 0 amide bonds. The lowest BCUT2D eigenvalue weighted by molar-refractivity contribution is 0.592. The van der Waals surface area contributed by atoms with Gasteiger partial charge in [-0.1, -0.05) is 17.7 Å². The van der Waals surface area contributed by atoms with E-state index in [-0.39, 0.29) is 10.8 Å². The topological polar surface area (TPSA) is 90.0 Å². The second-order valence-corrected chi connectivity index (χ2v) is 6.07. The van der Waals surface area contributed by atoms with Crippen molar-refractivity contribution in [2.45, 2.75) is 11.9 Å². The van der Waals surface area contributed by atoms with Crippen LogP contribution < -0.4 is 10.5 Å². The minimum absolute atomic E-state index is 0.0466. The number of hydrogen-bond acceptors (Lipinski definition) is 4. The van der Waals surface area contributed by atoms with E-state index in [1.54, 1.807) is 32.2 Å². The Kier molecular flexibility index (Phi) is 3.42. The molecule has 0 saturated heterocycles. The van der Waals surface area contributed by atoms with Gasteiger partial charge in [0.2, 0.25) is 0 Å². The van der Waals surface area contributed by atoms with Gasteiger partial charge in [-0.3, -0.25) is 4.72 Å². The number of anilines is 2.